The Hall–Kier alpha value is -1.88. The highest BCUT2D eigenvalue weighted by molar-refractivity contribution is 9.10. The van der Waals surface area contributed by atoms with Crippen molar-refractivity contribution in [1.29, 1.82) is 0 Å². The third-order valence-corrected chi connectivity index (χ3v) is 3.23. The van der Waals surface area contributed by atoms with Crippen molar-refractivity contribution >= 4 is 27.0 Å². The SMILES string of the molecule is Brc1c[nH]c2nc(OCc3cccnc3)ccc12. The predicted octanol–water partition coefficient (Wildman–Crippen LogP) is 3.30. The van der Waals surface area contributed by atoms with E-state index in [1.807, 2.05) is 30.5 Å². The maximum Gasteiger partial charge on any atom is 0.215 e. The van der Waals surface area contributed by atoms with Crippen LogP contribution < -0.4 is 4.74 Å². The van der Waals surface area contributed by atoms with Gasteiger partial charge in [-0.05, 0) is 28.1 Å². The molecule has 0 fully saturated rings. The molecule has 0 radical (unpaired) electrons. The second-order valence-electron chi connectivity index (χ2n) is 3.83. The Kier molecular flexibility index (Phi) is 2.98. The number of fused-ring (bicyclic) bond motifs is 1. The van der Waals surface area contributed by atoms with Gasteiger partial charge in [0.25, 0.3) is 0 Å². The first kappa shape index (κ1) is 11.2. The van der Waals surface area contributed by atoms with Gasteiger partial charge in [0, 0.05) is 40.1 Å². The third-order valence-electron chi connectivity index (χ3n) is 2.57. The smallest absolute Gasteiger partial charge is 0.215 e. The van der Waals surface area contributed by atoms with Gasteiger partial charge in [-0.1, -0.05) is 6.07 Å². The molecule has 0 saturated carbocycles. The molecule has 4 nitrogen and oxygen atoms in total. The van der Waals surface area contributed by atoms with Crippen LogP contribution in [0.3, 0.4) is 0 Å². The monoisotopic (exact) mass is 303 g/mol. The molecule has 0 amide bonds. The molecule has 5 heteroatoms. The molecule has 3 aromatic heterocycles. The Labute approximate surface area is 112 Å². The molecule has 3 heterocycles. The average Bonchev–Trinajstić information content (AvgIpc) is 2.79. The van der Waals surface area contributed by atoms with Crippen LogP contribution in [-0.4, -0.2) is 15.0 Å². The summed E-state index contributed by atoms with van der Waals surface area (Å²) in [6.07, 6.45) is 5.39. The van der Waals surface area contributed by atoms with Crippen LogP contribution >= 0.6 is 15.9 Å². The Morgan fingerprint density at radius 3 is 3.06 bits per heavy atom. The summed E-state index contributed by atoms with van der Waals surface area (Å²) in [4.78, 5) is 11.5. The van der Waals surface area contributed by atoms with Crippen molar-refractivity contribution in [3.05, 3.63) is 52.9 Å². The van der Waals surface area contributed by atoms with Gasteiger partial charge < -0.3 is 9.72 Å². The first-order valence-electron chi connectivity index (χ1n) is 5.48. The average molecular weight is 304 g/mol. The van der Waals surface area contributed by atoms with Crippen LogP contribution in [0, 0.1) is 0 Å². The van der Waals surface area contributed by atoms with E-state index < -0.39 is 0 Å². The lowest BCUT2D eigenvalue weighted by Crippen LogP contribution is -1.97. The Morgan fingerprint density at radius 2 is 2.22 bits per heavy atom. The number of aromatic amines is 1. The normalized spacial score (nSPS) is 10.7. The number of nitrogens with zero attached hydrogens (tertiary/aromatic N) is 2. The number of pyridine rings is 2. The summed E-state index contributed by atoms with van der Waals surface area (Å²) >= 11 is 3.45. The van der Waals surface area contributed by atoms with Gasteiger partial charge in [0.2, 0.25) is 5.88 Å². The second-order valence-corrected chi connectivity index (χ2v) is 4.69. The molecule has 1 N–H and O–H groups in total. The van der Waals surface area contributed by atoms with E-state index in [0.29, 0.717) is 12.5 Å². The van der Waals surface area contributed by atoms with Crippen molar-refractivity contribution in [3.8, 4) is 5.88 Å². The van der Waals surface area contributed by atoms with Crippen molar-refractivity contribution in [2.45, 2.75) is 6.61 Å². The van der Waals surface area contributed by atoms with Crippen LogP contribution in [0.5, 0.6) is 5.88 Å². The van der Waals surface area contributed by atoms with E-state index in [4.69, 9.17) is 4.74 Å². The van der Waals surface area contributed by atoms with Gasteiger partial charge in [-0.2, -0.15) is 4.98 Å². The van der Waals surface area contributed by atoms with Crippen molar-refractivity contribution in [3.63, 3.8) is 0 Å². The molecule has 0 unspecified atom stereocenters. The zero-order chi connectivity index (χ0) is 12.4. The fourth-order valence-electron chi connectivity index (χ4n) is 1.67. The Balaban J connectivity index is 1.79. The largest absolute Gasteiger partial charge is 0.473 e. The number of ether oxygens (including phenoxy) is 1. The summed E-state index contributed by atoms with van der Waals surface area (Å²) < 4.78 is 6.63. The summed E-state index contributed by atoms with van der Waals surface area (Å²) in [5.41, 5.74) is 1.83. The fourth-order valence-corrected chi connectivity index (χ4v) is 2.11. The lowest BCUT2D eigenvalue weighted by atomic mass is 10.3. The maximum absolute atomic E-state index is 5.62. The number of hydrogen-bond acceptors (Lipinski definition) is 3. The number of halogens is 1. The molecular formula is C13H10BrN3O. The van der Waals surface area contributed by atoms with Crippen LogP contribution in [-0.2, 0) is 6.61 Å². The van der Waals surface area contributed by atoms with Crippen LogP contribution in [0.1, 0.15) is 5.56 Å². The second kappa shape index (κ2) is 4.78. The maximum atomic E-state index is 5.62. The lowest BCUT2D eigenvalue weighted by molar-refractivity contribution is 0.294. The summed E-state index contributed by atoms with van der Waals surface area (Å²) in [5.74, 6) is 0.598. The first-order chi connectivity index (χ1) is 8.83. The Morgan fingerprint density at radius 1 is 1.28 bits per heavy atom. The fraction of sp³-hybridized carbons (Fsp3) is 0.0769. The highest BCUT2D eigenvalue weighted by atomic mass is 79.9. The topological polar surface area (TPSA) is 50.8 Å². The molecule has 18 heavy (non-hydrogen) atoms. The molecule has 0 atom stereocenters. The molecule has 0 spiro atoms. The van der Waals surface area contributed by atoms with E-state index >= 15 is 0 Å². The van der Waals surface area contributed by atoms with Crippen molar-refractivity contribution in [2.75, 3.05) is 0 Å². The summed E-state index contributed by atoms with van der Waals surface area (Å²) in [6, 6.07) is 7.69. The first-order valence-corrected chi connectivity index (χ1v) is 6.27. The molecular weight excluding hydrogens is 294 g/mol. The van der Waals surface area contributed by atoms with E-state index in [2.05, 4.69) is 30.9 Å². The van der Waals surface area contributed by atoms with Gasteiger partial charge in [0.1, 0.15) is 12.3 Å². The van der Waals surface area contributed by atoms with E-state index in [1.165, 1.54) is 0 Å². The standard InChI is InChI=1S/C13H10BrN3O/c14-11-7-16-13-10(11)3-4-12(17-13)18-8-9-2-1-5-15-6-9/h1-7H,8H2,(H,16,17). The molecule has 3 rings (SSSR count). The van der Waals surface area contributed by atoms with Crippen molar-refractivity contribution in [2.24, 2.45) is 0 Å². The third kappa shape index (κ3) is 2.22. The molecule has 0 aliphatic carbocycles. The van der Waals surface area contributed by atoms with E-state index in [1.54, 1.807) is 12.4 Å². The number of rotatable bonds is 3. The summed E-state index contributed by atoms with van der Waals surface area (Å²) in [7, 11) is 0. The minimum absolute atomic E-state index is 0.466. The molecule has 3 aromatic rings. The van der Waals surface area contributed by atoms with Crippen LogP contribution in [0.4, 0.5) is 0 Å². The number of aromatic nitrogens is 3. The molecule has 0 bridgehead atoms. The van der Waals surface area contributed by atoms with Crippen molar-refractivity contribution in [1.82, 2.24) is 15.0 Å². The Bertz CT molecular complexity index is 666. The molecule has 0 aromatic carbocycles. The molecule has 0 aliphatic heterocycles. The highest BCUT2D eigenvalue weighted by Gasteiger charge is 2.04. The van der Waals surface area contributed by atoms with Gasteiger partial charge in [0.05, 0.1) is 0 Å². The molecule has 90 valence electrons. The minimum atomic E-state index is 0.466. The van der Waals surface area contributed by atoms with Crippen molar-refractivity contribution < 1.29 is 4.74 Å². The van der Waals surface area contributed by atoms with E-state index in [9.17, 15) is 0 Å². The van der Waals surface area contributed by atoms with Gasteiger partial charge >= 0.3 is 0 Å². The lowest BCUT2D eigenvalue weighted by Gasteiger charge is -2.04. The van der Waals surface area contributed by atoms with Crippen LogP contribution in [0.2, 0.25) is 0 Å². The van der Waals surface area contributed by atoms with Gasteiger partial charge in [-0.15, -0.1) is 0 Å². The zero-order valence-electron chi connectivity index (χ0n) is 9.43. The summed E-state index contributed by atoms with van der Waals surface area (Å²) in [6.45, 7) is 0.466. The van der Waals surface area contributed by atoms with Gasteiger partial charge in [0.15, 0.2) is 0 Å². The van der Waals surface area contributed by atoms with Gasteiger partial charge in [-0.3, -0.25) is 4.98 Å². The number of hydrogen-bond donors (Lipinski definition) is 1. The number of H-pyrrole nitrogens is 1. The van der Waals surface area contributed by atoms with E-state index in [0.717, 1.165) is 21.1 Å². The molecule has 0 aliphatic rings. The summed E-state index contributed by atoms with van der Waals surface area (Å²) in [5, 5.41) is 1.05. The molecule has 0 saturated heterocycles. The van der Waals surface area contributed by atoms with E-state index in [-0.39, 0.29) is 0 Å². The van der Waals surface area contributed by atoms with Gasteiger partial charge in [-0.25, -0.2) is 0 Å². The quantitative estimate of drug-likeness (QED) is 0.807. The highest BCUT2D eigenvalue weighted by Crippen LogP contribution is 2.24. The predicted molar refractivity (Wildman–Crippen MR) is 72.4 cm³/mol. The zero-order valence-corrected chi connectivity index (χ0v) is 11.0. The number of nitrogens with one attached hydrogen (secondary N) is 1. The minimum Gasteiger partial charge on any atom is -0.473 e. The van der Waals surface area contributed by atoms with Crippen LogP contribution in [0.15, 0.2) is 47.3 Å². The van der Waals surface area contributed by atoms with Crippen LogP contribution in [0.25, 0.3) is 11.0 Å².